The maximum Gasteiger partial charge on any atom is 0.253 e. The first-order valence-corrected chi connectivity index (χ1v) is 15.9. The lowest BCUT2D eigenvalue weighted by Crippen LogP contribution is -2.64. The van der Waals surface area contributed by atoms with Crippen molar-refractivity contribution in [1.82, 2.24) is 19.9 Å². The van der Waals surface area contributed by atoms with Crippen molar-refractivity contribution in [1.29, 1.82) is 0 Å². The molecular weight excluding hydrogens is 586 g/mol. The zero-order valence-electron chi connectivity index (χ0n) is 26.1. The predicted octanol–water partition coefficient (Wildman–Crippen LogP) is 3.35. The van der Waals surface area contributed by atoms with Crippen LogP contribution in [0.3, 0.4) is 0 Å². The van der Waals surface area contributed by atoms with Crippen LogP contribution in [-0.2, 0) is 17.8 Å². The van der Waals surface area contributed by atoms with Crippen molar-refractivity contribution in [3.05, 3.63) is 101 Å². The number of carbonyl (C=O) groups is 3. The Labute approximate surface area is 270 Å². The Kier molecular flexibility index (Phi) is 11.1. The van der Waals surface area contributed by atoms with Crippen LogP contribution in [0.4, 0.5) is 4.39 Å². The maximum absolute atomic E-state index is 14.8. The van der Waals surface area contributed by atoms with Crippen LogP contribution in [0.5, 0.6) is 5.75 Å². The maximum atomic E-state index is 14.8. The first-order valence-electron chi connectivity index (χ1n) is 15.9. The number of aliphatic hydroxyl groups excluding tert-OH is 1. The van der Waals surface area contributed by atoms with Crippen molar-refractivity contribution in [3.63, 3.8) is 0 Å². The number of hydrogen-bond acceptors (Lipinski definition) is 6. The van der Waals surface area contributed by atoms with E-state index in [2.05, 4.69) is 5.32 Å². The van der Waals surface area contributed by atoms with Gasteiger partial charge in [0.05, 0.1) is 18.8 Å². The summed E-state index contributed by atoms with van der Waals surface area (Å²) in [5, 5.41) is 14.7. The van der Waals surface area contributed by atoms with Crippen molar-refractivity contribution < 1.29 is 28.6 Å². The van der Waals surface area contributed by atoms with E-state index >= 15 is 0 Å². The quantitative estimate of drug-likeness (QED) is 0.407. The molecule has 2 aliphatic heterocycles. The minimum Gasteiger partial charge on any atom is -0.493 e. The number of halogens is 1. The smallest absolute Gasteiger partial charge is 0.253 e. The van der Waals surface area contributed by atoms with Gasteiger partial charge in [-0.15, -0.1) is 0 Å². The third-order valence-electron chi connectivity index (χ3n) is 8.45. The van der Waals surface area contributed by atoms with Gasteiger partial charge < -0.3 is 29.8 Å². The summed E-state index contributed by atoms with van der Waals surface area (Å²) in [4.78, 5) is 45.6. The average Bonchev–Trinajstić information content (AvgIpc) is 3.04. The number of benzene rings is 3. The molecule has 3 amide bonds. The van der Waals surface area contributed by atoms with Gasteiger partial charge in [-0.2, -0.15) is 0 Å². The lowest BCUT2D eigenvalue weighted by atomic mass is 9.91. The predicted molar refractivity (Wildman–Crippen MR) is 173 cm³/mol. The molecule has 240 valence electrons. The van der Waals surface area contributed by atoms with Crippen molar-refractivity contribution >= 4 is 25.7 Å². The number of rotatable bonds is 6. The topological polar surface area (TPSA) is 102 Å². The largest absolute Gasteiger partial charge is 0.493 e. The number of fused-ring (bicyclic) bond motifs is 4. The lowest BCUT2D eigenvalue weighted by Gasteiger charge is -2.43. The molecule has 3 unspecified atom stereocenters. The summed E-state index contributed by atoms with van der Waals surface area (Å²) >= 11 is 0. The van der Waals surface area contributed by atoms with Gasteiger partial charge in [0.2, 0.25) is 5.91 Å². The first-order chi connectivity index (χ1) is 22.2. The molecule has 4 bridgehead atoms. The van der Waals surface area contributed by atoms with Gasteiger partial charge in [0.15, 0.2) is 7.98 Å². The van der Waals surface area contributed by atoms with Crippen LogP contribution in [0.1, 0.15) is 58.0 Å². The molecule has 0 aliphatic carbocycles. The summed E-state index contributed by atoms with van der Waals surface area (Å²) in [6.45, 7) is 4.41. The van der Waals surface area contributed by atoms with Crippen LogP contribution in [0.25, 0.3) is 0 Å². The fourth-order valence-electron chi connectivity index (χ4n) is 6.08. The van der Waals surface area contributed by atoms with Crippen LogP contribution in [-0.4, -0.2) is 96.4 Å². The number of hydrogen-bond donors (Lipinski definition) is 2. The van der Waals surface area contributed by atoms with Crippen LogP contribution >= 0.6 is 0 Å². The zero-order chi connectivity index (χ0) is 32.6. The summed E-state index contributed by atoms with van der Waals surface area (Å²) in [5.74, 6) is -1.33. The minimum atomic E-state index is -1.46. The minimum absolute atomic E-state index is 0.0137. The van der Waals surface area contributed by atoms with E-state index in [0.717, 1.165) is 12.0 Å². The molecule has 11 heteroatoms. The third-order valence-corrected chi connectivity index (χ3v) is 8.45. The highest BCUT2D eigenvalue weighted by Gasteiger charge is 2.41. The molecule has 5 rings (SSSR count). The molecule has 9 nitrogen and oxygen atoms in total. The molecule has 0 aromatic heterocycles. The molecule has 1 saturated heterocycles. The van der Waals surface area contributed by atoms with E-state index in [9.17, 15) is 23.9 Å². The average molecular weight is 627 g/mol. The van der Waals surface area contributed by atoms with Gasteiger partial charge in [0.1, 0.15) is 17.6 Å². The highest BCUT2D eigenvalue weighted by Crippen LogP contribution is 2.23. The van der Waals surface area contributed by atoms with E-state index in [-0.39, 0.29) is 23.8 Å². The van der Waals surface area contributed by atoms with Crippen LogP contribution in [0.2, 0.25) is 0 Å². The number of ether oxygens (including phenoxy) is 1. The Balaban J connectivity index is 1.47. The van der Waals surface area contributed by atoms with Crippen molar-refractivity contribution in [3.8, 4) is 5.75 Å². The van der Waals surface area contributed by atoms with E-state index < -0.39 is 29.9 Å². The second-order valence-corrected chi connectivity index (χ2v) is 11.9. The number of nitrogens with zero attached hydrogens (tertiary/aromatic N) is 3. The van der Waals surface area contributed by atoms with E-state index in [1.54, 1.807) is 34.1 Å². The molecule has 0 saturated carbocycles. The molecule has 2 heterocycles. The summed E-state index contributed by atoms with van der Waals surface area (Å²) in [5.41, 5.74) is 1.99. The van der Waals surface area contributed by atoms with E-state index in [1.807, 2.05) is 37.3 Å². The number of piperazine rings is 1. The van der Waals surface area contributed by atoms with Gasteiger partial charge in [-0.25, -0.2) is 4.39 Å². The van der Waals surface area contributed by atoms with Gasteiger partial charge >= 0.3 is 0 Å². The van der Waals surface area contributed by atoms with Gasteiger partial charge in [0, 0.05) is 49.9 Å². The highest BCUT2D eigenvalue weighted by molar-refractivity contribution is 6.07. The van der Waals surface area contributed by atoms with Crippen LogP contribution < -0.4 is 10.1 Å². The Hall–Kier alpha value is -4.22. The molecule has 2 radical (unpaired) electrons. The van der Waals surface area contributed by atoms with Crippen LogP contribution in [0, 0.1) is 5.82 Å². The summed E-state index contributed by atoms with van der Waals surface area (Å²) in [6.07, 6.45) is 0.639. The molecule has 0 spiro atoms. The molecule has 46 heavy (non-hydrogen) atoms. The molecule has 3 aromatic rings. The SMILES string of the molecule is [B]N1CCN(Cc2ccccc2)C(=O)C1C(O)C1Cc2cc(F)cc(c2)OCCCCN(CCC)C(=O)c2cccc(c2)C(=O)N1. The molecule has 3 atom stereocenters. The zero-order valence-corrected chi connectivity index (χ0v) is 26.1. The lowest BCUT2D eigenvalue weighted by molar-refractivity contribution is -0.144. The molecule has 2 N–H and O–H groups in total. The van der Waals surface area contributed by atoms with Gasteiger partial charge in [0.25, 0.3) is 11.8 Å². The second kappa shape index (κ2) is 15.4. The van der Waals surface area contributed by atoms with Gasteiger partial charge in [-0.05, 0) is 67.1 Å². The normalized spacial score (nSPS) is 20.9. The Morgan fingerprint density at radius 1 is 0.957 bits per heavy atom. The Morgan fingerprint density at radius 2 is 1.74 bits per heavy atom. The monoisotopic (exact) mass is 626 g/mol. The number of aliphatic hydroxyl groups is 1. The fourth-order valence-corrected chi connectivity index (χ4v) is 6.08. The summed E-state index contributed by atoms with van der Waals surface area (Å²) in [7, 11) is 6.31. The van der Waals surface area contributed by atoms with Gasteiger partial charge in [-0.1, -0.05) is 43.3 Å². The molecule has 3 aromatic carbocycles. The first kappa shape index (κ1) is 33.2. The fraction of sp³-hybridized carbons (Fsp3) is 0.400. The van der Waals surface area contributed by atoms with Crippen molar-refractivity contribution in [2.24, 2.45) is 0 Å². The van der Waals surface area contributed by atoms with Crippen LogP contribution in [0.15, 0.2) is 72.8 Å². The van der Waals surface area contributed by atoms with E-state index in [0.29, 0.717) is 69.0 Å². The van der Waals surface area contributed by atoms with E-state index in [4.69, 9.17) is 12.7 Å². The molecule has 1 fully saturated rings. The second-order valence-electron chi connectivity index (χ2n) is 11.9. The Morgan fingerprint density at radius 3 is 2.52 bits per heavy atom. The Bertz CT molecular complexity index is 1530. The summed E-state index contributed by atoms with van der Waals surface area (Å²) in [6, 6.07) is 18.0. The highest BCUT2D eigenvalue weighted by atomic mass is 19.1. The number of carbonyl (C=O) groups excluding carboxylic acids is 3. The van der Waals surface area contributed by atoms with E-state index in [1.165, 1.54) is 23.0 Å². The number of nitrogens with one attached hydrogen (secondary N) is 1. The third kappa shape index (κ3) is 8.13. The van der Waals surface area contributed by atoms with Crippen molar-refractivity contribution in [2.75, 3.05) is 32.8 Å². The standard InChI is InChI=1S/C35H40BFN4O5/c1-2-13-39-14-6-7-17-46-29-19-25(18-28(37)22-29)20-30(38-33(43)26-11-8-12-27(21-26)34(39)44)32(42)31-35(45)40(15-16-41(31)36)23-24-9-4-3-5-10-24/h3-5,8-12,18-19,21-22,30-32,42H,2,6-7,13-17,20,23H2,1H3,(H,38,43). The molecule has 2 aliphatic rings. The summed E-state index contributed by atoms with van der Waals surface area (Å²) < 4.78 is 20.7. The van der Waals surface area contributed by atoms with Crippen molar-refractivity contribution in [2.45, 2.75) is 57.3 Å². The van der Waals surface area contributed by atoms with Gasteiger partial charge in [-0.3, -0.25) is 14.4 Å². The molecular formula is C35H40BFN4O5. The number of amides is 3.